The van der Waals surface area contributed by atoms with Gasteiger partial charge in [-0.2, -0.15) is 0 Å². The summed E-state index contributed by atoms with van der Waals surface area (Å²) in [5.74, 6) is -0.779. The molecule has 0 aromatic heterocycles. The van der Waals surface area contributed by atoms with Crippen LogP contribution in [0, 0.1) is 16.0 Å². The monoisotopic (exact) mass is 368 g/mol. The van der Waals surface area contributed by atoms with E-state index >= 15 is 0 Å². The topological polar surface area (TPSA) is 119 Å². The summed E-state index contributed by atoms with van der Waals surface area (Å²) in [5.41, 5.74) is 6.85. The predicted octanol–water partition coefficient (Wildman–Crippen LogP) is 2.55. The lowest BCUT2D eigenvalue weighted by Gasteiger charge is -2.32. The van der Waals surface area contributed by atoms with Gasteiger partial charge in [-0.25, -0.2) is 0 Å². The maximum absolute atomic E-state index is 12.5. The van der Waals surface area contributed by atoms with Gasteiger partial charge in [0.2, 0.25) is 11.8 Å². The minimum Gasteiger partial charge on any atom is -0.366 e. The maximum Gasteiger partial charge on any atom is 0.292 e. The molecule has 0 unspecified atom stereocenters. The molecule has 8 nitrogen and oxygen atoms in total. The molecule has 140 valence electrons. The van der Waals surface area contributed by atoms with Crippen molar-refractivity contribution in [2.45, 2.75) is 12.8 Å². The second-order valence-electron chi connectivity index (χ2n) is 6.44. The number of piperidine rings is 1. The van der Waals surface area contributed by atoms with E-state index in [1.54, 1.807) is 42.5 Å². The van der Waals surface area contributed by atoms with Crippen molar-refractivity contribution in [3.8, 4) is 0 Å². The van der Waals surface area contributed by atoms with Gasteiger partial charge in [-0.1, -0.05) is 12.1 Å². The molecule has 1 fully saturated rings. The zero-order valence-corrected chi connectivity index (χ0v) is 14.6. The molecule has 0 saturated carbocycles. The van der Waals surface area contributed by atoms with Crippen molar-refractivity contribution < 1.29 is 14.5 Å². The molecule has 3 N–H and O–H groups in total. The maximum atomic E-state index is 12.5. The average Bonchev–Trinajstić information content (AvgIpc) is 2.68. The van der Waals surface area contributed by atoms with E-state index < -0.39 is 5.91 Å². The van der Waals surface area contributed by atoms with Crippen molar-refractivity contribution in [2.75, 3.05) is 23.3 Å². The van der Waals surface area contributed by atoms with Crippen LogP contribution in [0.25, 0.3) is 0 Å². The van der Waals surface area contributed by atoms with Gasteiger partial charge in [-0.3, -0.25) is 19.7 Å². The number of carbonyl (C=O) groups is 2. The fourth-order valence-electron chi connectivity index (χ4n) is 3.23. The summed E-state index contributed by atoms with van der Waals surface area (Å²) in [6.07, 6.45) is 1.22. The number of benzene rings is 2. The highest BCUT2D eigenvalue weighted by molar-refractivity contribution is 5.95. The number of rotatable bonds is 5. The molecule has 0 atom stereocenters. The number of hydrogen-bond acceptors (Lipinski definition) is 5. The highest BCUT2D eigenvalue weighted by atomic mass is 16.6. The van der Waals surface area contributed by atoms with Crippen molar-refractivity contribution in [3.05, 3.63) is 64.2 Å². The van der Waals surface area contributed by atoms with E-state index in [4.69, 9.17) is 5.73 Å². The molecule has 2 aromatic rings. The van der Waals surface area contributed by atoms with Gasteiger partial charge in [0, 0.05) is 36.3 Å². The molecular formula is C19H20N4O4. The summed E-state index contributed by atoms with van der Waals surface area (Å²) in [7, 11) is 0. The molecule has 1 heterocycles. The number of amides is 2. The summed E-state index contributed by atoms with van der Waals surface area (Å²) in [6, 6.07) is 13.1. The average molecular weight is 368 g/mol. The Morgan fingerprint density at radius 2 is 1.70 bits per heavy atom. The lowest BCUT2D eigenvalue weighted by Crippen LogP contribution is -2.38. The van der Waals surface area contributed by atoms with E-state index in [1.165, 1.54) is 6.07 Å². The molecule has 8 heteroatoms. The molecule has 1 saturated heterocycles. The highest BCUT2D eigenvalue weighted by Crippen LogP contribution is 2.31. The second kappa shape index (κ2) is 7.86. The fraction of sp³-hybridized carbons (Fsp3) is 0.263. The first kappa shape index (κ1) is 18.4. The molecule has 0 aliphatic carbocycles. The third-order valence-corrected chi connectivity index (χ3v) is 4.72. The molecule has 0 radical (unpaired) electrons. The van der Waals surface area contributed by atoms with Gasteiger partial charge in [0.05, 0.1) is 4.92 Å². The van der Waals surface area contributed by atoms with Gasteiger partial charge in [0.15, 0.2) is 0 Å². The molecule has 0 spiro atoms. The molecule has 1 aliphatic heterocycles. The Bertz CT molecular complexity index is 858. The number of nitro benzene ring substituents is 1. The van der Waals surface area contributed by atoms with E-state index in [0.29, 0.717) is 42.9 Å². The van der Waals surface area contributed by atoms with Gasteiger partial charge < -0.3 is 16.0 Å². The second-order valence-corrected chi connectivity index (χ2v) is 6.44. The number of hydrogen-bond donors (Lipinski definition) is 2. The van der Waals surface area contributed by atoms with Crippen LogP contribution in [0.3, 0.4) is 0 Å². The third-order valence-electron chi connectivity index (χ3n) is 4.72. The number of primary amides is 1. The Morgan fingerprint density at radius 1 is 1.07 bits per heavy atom. The van der Waals surface area contributed by atoms with Crippen molar-refractivity contribution in [2.24, 2.45) is 11.7 Å². The minimum absolute atomic E-state index is 0.0787. The predicted molar refractivity (Wildman–Crippen MR) is 102 cm³/mol. The Balaban J connectivity index is 1.60. The van der Waals surface area contributed by atoms with Crippen LogP contribution in [0.2, 0.25) is 0 Å². The van der Waals surface area contributed by atoms with Gasteiger partial charge in [-0.05, 0) is 43.2 Å². The summed E-state index contributed by atoms with van der Waals surface area (Å²) in [6.45, 7) is 1.15. The number of carbonyl (C=O) groups excluding carboxylic acids is 2. The van der Waals surface area contributed by atoms with Crippen LogP contribution in [-0.4, -0.2) is 29.8 Å². The summed E-state index contributed by atoms with van der Waals surface area (Å²) >= 11 is 0. The fourth-order valence-corrected chi connectivity index (χ4v) is 3.23. The Morgan fingerprint density at radius 3 is 2.30 bits per heavy atom. The van der Waals surface area contributed by atoms with Crippen LogP contribution in [0.1, 0.15) is 23.2 Å². The normalized spacial score (nSPS) is 14.6. The first-order valence-electron chi connectivity index (χ1n) is 8.65. The van der Waals surface area contributed by atoms with E-state index in [0.717, 1.165) is 0 Å². The van der Waals surface area contributed by atoms with E-state index in [2.05, 4.69) is 5.32 Å². The van der Waals surface area contributed by atoms with Crippen molar-refractivity contribution >= 4 is 28.9 Å². The third kappa shape index (κ3) is 4.22. The van der Waals surface area contributed by atoms with Crippen LogP contribution in [-0.2, 0) is 4.79 Å². The van der Waals surface area contributed by atoms with E-state index in [9.17, 15) is 19.7 Å². The number of nitrogens with one attached hydrogen (secondary N) is 1. The first-order valence-corrected chi connectivity index (χ1v) is 8.65. The molecule has 3 rings (SSSR count). The number of anilines is 2. The van der Waals surface area contributed by atoms with Gasteiger partial charge in [0.25, 0.3) is 5.69 Å². The zero-order chi connectivity index (χ0) is 19.4. The van der Waals surface area contributed by atoms with Crippen LogP contribution in [0.4, 0.5) is 17.1 Å². The summed E-state index contributed by atoms with van der Waals surface area (Å²) in [5, 5.41) is 14.0. The lowest BCUT2D eigenvalue weighted by molar-refractivity contribution is -0.384. The quantitative estimate of drug-likeness (QED) is 0.621. The van der Waals surface area contributed by atoms with Crippen LogP contribution >= 0.6 is 0 Å². The van der Waals surface area contributed by atoms with Gasteiger partial charge in [0.1, 0.15) is 5.69 Å². The highest BCUT2D eigenvalue weighted by Gasteiger charge is 2.28. The largest absolute Gasteiger partial charge is 0.366 e. The Hall–Kier alpha value is -3.42. The van der Waals surface area contributed by atoms with Crippen molar-refractivity contribution in [1.29, 1.82) is 0 Å². The SMILES string of the molecule is NC(=O)c1ccc(NC(=O)C2CCN(c3ccccc3[N+](=O)[O-])CC2)cc1. The number of nitrogens with zero attached hydrogens (tertiary/aromatic N) is 2. The van der Waals surface area contributed by atoms with Gasteiger partial charge >= 0.3 is 0 Å². The molecule has 1 aliphatic rings. The molecule has 0 bridgehead atoms. The van der Waals surface area contributed by atoms with E-state index in [-0.39, 0.29) is 22.4 Å². The van der Waals surface area contributed by atoms with Crippen molar-refractivity contribution in [3.63, 3.8) is 0 Å². The minimum atomic E-state index is -0.518. The molecule has 2 aromatic carbocycles. The molecule has 2 amide bonds. The van der Waals surface area contributed by atoms with Crippen molar-refractivity contribution in [1.82, 2.24) is 0 Å². The smallest absolute Gasteiger partial charge is 0.292 e. The standard InChI is InChI=1S/C19H20N4O4/c20-18(24)13-5-7-15(8-6-13)21-19(25)14-9-11-22(12-10-14)16-3-1-2-4-17(16)23(26)27/h1-8,14H,9-12H2,(H2,20,24)(H,21,25). The number of nitro groups is 1. The van der Waals surface area contributed by atoms with Crippen LogP contribution in [0.15, 0.2) is 48.5 Å². The van der Waals surface area contributed by atoms with Gasteiger partial charge in [-0.15, -0.1) is 0 Å². The van der Waals surface area contributed by atoms with E-state index in [1.807, 2.05) is 4.90 Å². The first-order chi connectivity index (χ1) is 13.0. The number of para-hydroxylation sites is 2. The Labute approximate surface area is 156 Å². The van der Waals surface area contributed by atoms with Crippen LogP contribution in [0.5, 0.6) is 0 Å². The van der Waals surface area contributed by atoms with Crippen LogP contribution < -0.4 is 16.0 Å². The molecule has 27 heavy (non-hydrogen) atoms. The summed E-state index contributed by atoms with van der Waals surface area (Å²) in [4.78, 5) is 36.3. The molecular weight excluding hydrogens is 348 g/mol. The summed E-state index contributed by atoms with van der Waals surface area (Å²) < 4.78 is 0. The zero-order valence-electron chi connectivity index (χ0n) is 14.6. The Kier molecular flexibility index (Phi) is 5.35. The number of nitrogens with two attached hydrogens (primary N) is 1. The lowest BCUT2D eigenvalue weighted by atomic mass is 9.95.